The number of nitro benzene ring substituents is 1. The van der Waals surface area contributed by atoms with Crippen molar-refractivity contribution in [3.8, 4) is 0 Å². The Labute approximate surface area is 114 Å². The Balaban J connectivity index is 2.36. The molecule has 2 rings (SSSR count). The van der Waals surface area contributed by atoms with Crippen molar-refractivity contribution in [2.24, 2.45) is 0 Å². The molecule has 0 spiro atoms. The first-order chi connectivity index (χ1) is 9.11. The van der Waals surface area contributed by atoms with Crippen LogP contribution in [0.5, 0.6) is 0 Å². The number of benzene rings is 2. The second-order valence-corrected chi connectivity index (χ2v) is 5.05. The molecule has 0 amide bonds. The van der Waals surface area contributed by atoms with Crippen molar-refractivity contribution in [2.45, 2.75) is 16.7 Å². The molecule has 0 aliphatic rings. The molecule has 0 heterocycles. The molecular formula is C14H11NO3S. The highest BCUT2D eigenvalue weighted by Crippen LogP contribution is 2.36. The Morgan fingerprint density at radius 3 is 2.53 bits per heavy atom. The zero-order valence-electron chi connectivity index (χ0n) is 10.2. The first-order valence-electron chi connectivity index (χ1n) is 5.59. The SMILES string of the molecule is Cc1cc(C=O)ccc1Sc1ccccc1[N+](=O)[O-]. The second-order valence-electron chi connectivity index (χ2n) is 3.97. The molecule has 0 saturated carbocycles. The van der Waals surface area contributed by atoms with Gasteiger partial charge in [0.05, 0.1) is 9.82 Å². The fourth-order valence-electron chi connectivity index (χ4n) is 1.67. The van der Waals surface area contributed by atoms with Crippen LogP contribution in [0.3, 0.4) is 0 Å². The van der Waals surface area contributed by atoms with E-state index >= 15 is 0 Å². The monoisotopic (exact) mass is 273 g/mol. The molecule has 2 aromatic rings. The zero-order chi connectivity index (χ0) is 13.8. The van der Waals surface area contributed by atoms with Gasteiger partial charge in [0.2, 0.25) is 0 Å². The molecule has 96 valence electrons. The van der Waals surface area contributed by atoms with Crippen molar-refractivity contribution in [1.82, 2.24) is 0 Å². The second kappa shape index (κ2) is 5.67. The quantitative estimate of drug-likeness (QED) is 0.482. The van der Waals surface area contributed by atoms with E-state index in [0.29, 0.717) is 10.5 Å². The van der Waals surface area contributed by atoms with Gasteiger partial charge in [-0.05, 0) is 30.7 Å². The molecule has 5 heteroatoms. The summed E-state index contributed by atoms with van der Waals surface area (Å²) in [6.07, 6.45) is 0.784. The van der Waals surface area contributed by atoms with Crippen molar-refractivity contribution < 1.29 is 9.72 Å². The summed E-state index contributed by atoms with van der Waals surface area (Å²) in [5, 5.41) is 10.9. The Morgan fingerprint density at radius 2 is 1.89 bits per heavy atom. The summed E-state index contributed by atoms with van der Waals surface area (Å²) in [6.45, 7) is 1.88. The van der Waals surface area contributed by atoms with Crippen LogP contribution in [0.4, 0.5) is 5.69 Å². The molecule has 0 aliphatic carbocycles. The lowest BCUT2D eigenvalue weighted by atomic mass is 10.2. The van der Waals surface area contributed by atoms with Gasteiger partial charge >= 0.3 is 0 Å². The van der Waals surface area contributed by atoms with Crippen LogP contribution < -0.4 is 0 Å². The van der Waals surface area contributed by atoms with Crippen LogP contribution >= 0.6 is 11.8 Å². The Hall–Kier alpha value is -2.14. The van der Waals surface area contributed by atoms with E-state index in [1.165, 1.54) is 17.8 Å². The number of nitrogens with zero attached hydrogens (tertiary/aromatic N) is 1. The van der Waals surface area contributed by atoms with Gasteiger partial charge in [0.25, 0.3) is 5.69 Å². The largest absolute Gasteiger partial charge is 0.298 e. The molecule has 0 bridgehead atoms. The molecule has 0 atom stereocenters. The fraction of sp³-hybridized carbons (Fsp3) is 0.0714. The lowest BCUT2D eigenvalue weighted by Gasteiger charge is -2.06. The summed E-state index contributed by atoms with van der Waals surface area (Å²) in [7, 11) is 0. The lowest BCUT2D eigenvalue weighted by Crippen LogP contribution is -1.91. The number of nitro groups is 1. The van der Waals surface area contributed by atoms with Crippen molar-refractivity contribution in [2.75, 3.05) is 0 Å². The van der Waals surface area contributed by atoms with Crippen LogP contribution in [0.15, 0.2) is 52.3 Å². The van der Waals surface area contributed by atoms with Gasteiger partial charge in [-0.25, -0.2) is 0 Å². The molecule has 0 fully saturated rings. The molecule has 0 unspecified atom stereocenters. The third-order valence-corrected chi connectivity index (χ3v) is 3.86. The first kappa shape index (κ1) is 13.3. The lowest BCUT2D eigenvalue weighted by molar-refractivity contribution is -0.387. The van der Waals surface area contributed by atoms with Crippen molar-refractivity contribution in [3.63, 3.8) is 0 Å². The summed E-state index contributed by atoms with van der Waals surface area (Å²) in [5.41, 5.74) is 1.61. The molecule has 0 aliphatic heterocycles. The normalized spacial score (nSPS) is 10.2. The summed E-state index contributed by atoms with van der Waals surface area (Å²) in [4.78, 5) is 22.7. The van der Waals surface area contributed by atoms with Crippen LogP contribution in [0, 0.1) is 17.0 Å². The molecule has 0 N–H and O–H groups in total. The Kier molecular flexibility index (Phi) is 3.97. The summed E-state index contributed by atoms with van der Waals surface area (Å²) < 4.78 is 0. The van der Waals surface area contributed by atoms with Gasteiger partial charge in [0, 0.05) is 16.5 Å². The Morgan fingerprint density at radius 1 is 1.16 bits per heavy atom. The molecule has 0 saturated heterocycles. The van der Waals surface area contributed by atoms with E-state index in [1.54, 1.807) is 36.4 Å². The van der Waals surface area contributed by atoms with Gasteiger partial charge in [0.15, 0.2) is 0 Å². The van der Waals surface area contributed by atoms with E-state index in [1.807, 2.05) is 6.92 Å². The van der Waals surface area contributed by atoms with E-state index in [2.05, 4.69) is 0 Å². The minimum Gasteiger partial charge on any atom is -0.298 e. The average molecular weight is 273 g/mol. The van der Waals surface area contributed by atoms with Gasteiger partial charge in [-0.15, -0.1) is 0 Å². The highest BCUT2D eigenvalue weighted by Gasteiger charge is 2.14. The van der Waals surface area contributed by atoms with Crippen LogP contribution in [0.25, 0.3) is 0 Å². The maximum absolute atomic E-state index is 10.9. The van der Waals surface area contributed by atoms with Gasteiger partial charge in [-0.2, -0.15) is 0 Å². The number of hydrogen-bond donors (Lipinski definition) is 0. The average Bonchev–Trinajstić information content (AvgIpc) is 2.41. The predicted molar refractivity (Wildman–Crippen MR) is 73.8 cm³/mol. The highest BCUT2D eigenvalue weighted by molar-refractivity contribution is 7.99. The summed E-state index contributed by atoms with van der Waals surface area (Å²) in [5.74, 6) is 0. The number of hydrogen-bond acceptors (Lipinski definition) is 4. The van der Waals surface area contributed by atoms with Gasteiger partial charge in [-0.3, -0.25) is 14.9 Å². The summed E-state index contributed by atoms with van der Waals surface area (Å²) >= 11 is 1.33. The number of carbonyl (C=O) groups excluding carboxylic acids is 1. The van der Waals surface area contributed by atoms with Crippen molar-refractivity contribution in [3.05, 3.63) is 63.7 Å². The Bertz CT molecular complexity index is 640. The number of aldehydes is 1. The van der Waals surface area contributed by atoms with Crippen molar-refractivity contribution in [1.29, 1.82) is 0 Å². The minimum atomic E-state index is -0.391. The number of rotatable bonds is 4. The maximum Gasteiger partial charge on any atom is 0.283 e. The van der Waals surface area contributed by atoms with E-state index in [0.717, 1.165) is 16.7 Å². The van der Waals surface area contributed by atoms with Gasteiger partial charge in [0.1, 0.15) is 6.29 Å². The highest BCUT2D eigenvalue weighted by atomic mass is 32.2. The van der Waals surface area contributed by atoms with Crippen LogP contribution in [0.1, 0.15) is 15.9 Å². The topological polar surface area (TPSA) is 60.2 Å². The maximum atomic E-state index is 10.9. The van der Waals surface area contributed by atoms with Gasteiger partial charge < -0.3 is 0 Å². The number of para-hydroxylation sites is 1. The van der Waals surface area contributed by atoms with E-state index < -0.39 is 4.92 Å². The smallest absolute Gasteiger partial charge is 0.283 e. The molecule has 19 heavy (non-hydrogen) atoms. The fourth-order valence-corrected chi connectivity index (χ4v) is 2.66. The predicted octanol–water partition coefficient (Wildman–Crippen LogP) is 3.87. The third-order valence-electron chi connectivity index (χ3n) is 2.62. The standard InChI is InChI=1S/C14H11NO3S/c1-10-8-11(9-16)6-7-13(10)19-14-5-3-2-4-12(14)15(17)18/h2-9H,1H3. The first-order valence-corrected chi connectivity index (χ1v) is 6.40. The third kappa shape index (κ3) is 3.00. The van der Waals surface area contributed by atoms with Crippen LogP contribution in [0.2, 0.25) is 0 Å². The van der Waals surface area contributed by atoms with Crippen molar-refractivity contribution >= 4 is 23.7 Å². The van der Waals surface area contributed by atoms with Gasteiger partial charge in [-0.1, -0.05) is 30.0 Å². The molecule has 4 nitrogen and oxygen atoms in total. The minimum absolute atomic E-state index is 0.0892. The molecule has 0 aromatic heterocycles. The van der Waals surface area contributed by atoms with E-state index in [4.69, 9.17) is 0 Å². The van der Waals surface area contributed by atoms with Crippen LogP contribution in [-0.2, 0) is 0 Å². The zero-order valence-corrected chi connectivity index (χ0v) is 11.0. The number of carbonyl (C=O) groups is 1. The molecule has 0 radical (unpaired) electrons. The molecular weight excluding hydrogens is 262 g/mol. The molecule has 2 aromatic carbocycles. The van der Waals surface area contributed by atoms with Crippen LogP contribution in [-0.4, -0.2) is 11.2 Å². The summed E-state index contributed by atoms with van der Waals surface area (Å²) in [6, 6.07) is 11.9. The number of aryl methyl sites for hydroxylation is 1. The van der Waals surface area contributed by atoms with E-state index in [9.17, 15) is 14.9 Å². The van der Waals surface area contributed by atoms with E-state index in [-0.39, 0.29) is 5.69 Å².